The van der Waals surface area contributed by atoms with Crippen LogP contribution in [-0.2, 0) is 0 Å². The van der Waals surface area contributed by atoms with Gasteiger partial charge in [0.05, 0.1) is 11.7 Å². The lowest BCUT2D eigenvalue weighted by Crippen LogP contribution is -1.86. The van der Waals surface area contributed by atoms with Gasteiger partial charge in [0.15, 0.2) is 6.29 Å². The first kappa shape index (κ1) is 9.78. The van der Waals surface area contributed by atoms with Gasteiger partial charge >= 0.3 is 0 Å². The molecule has 3 rings (SSSR count). The zero-order chi connectivity index (χ0) is 11.7. The van der Waals surface area contributed by atoms with E-state index in [1.165, 1.54) is 0 Å². The van der Waals surface area contributed by atoms with Crippen LogP contribution in [0.5, 0.6) is 0 Å². The van der Waals surface area contributed by atoms with Crippen molar-refractivity contribution >= 4 is 17.2 Å². The standard InChI is InChI=1S/C14H10N2O/c17-9-11-3-1-2-4-13(11)10-5-6-14-12(7-10)8-15-16-14/h1-9H,(H,15,16). The van der Waals surface area contributed by atoms with Gasteiger partial charge in [-0.15, -0.1) is 0 Å². The number of nitrogens with one attached hydrogen (secondary N) is 1. The van der Waals surface area contributed by atoms with Crippen molar-refractivity contribution in [1.29, 1.82) is 0 Å². The molecule has 3 nitrogen and oxygen atoms in total. The molecule has 3 heteroatoms. The normalized spacial score (nSPS) is 10.6. The van der Waals surface area contributed by atoms with E-state index in [9.17, 15) is 4.79 Å². The molecule has 1 heterocycles. The third kappa shape index (κ3) is 1.61. The van der Waals surface area contributed by atoms with Crippen molar-refractivity contribution in [3.63, 3.8) is 0 Å². The van der Waals surface area contributed by atoms with Gasteiger partial charge in [0.25, 0.3) is 0 Å². The van der Waals surface area contributed by atoms with Crippen LogP contribution in [0, 0.1) is 0 Å². The van der Waals surface area contributed by atoms with E-state index in [-0.39, 0.29) is 0 Å². The average molecular weight is 222 g/mol. The largest absolute Gasteiger partial charge is 0.298 e. The summed E-state index contributed by atoms with van der Waals surface area (Å²) in [6, 6.07) is 13.6. The molecule has 17 heavy (non-hydrogen) atoms. The monoisotopic (exact) mass is 222 g/mol. The number of benzene rings is 2. The van der Waals surface area contributed by atoms with Crippen LogP contribution in [0.1, 0.15) is 10.4 Å². The summed E-state index contributed by atoms with van der Waals surface area (Å²) in [6.45, 7) is 0. The number of H-pyrrole nitrogens is 1. The lowest BCUT2D eigenvalue weighted by Gasteiger charge is -2.04. The fourth-order valence-electron chi connectivity index (χ4n) is 1.97. The topological polar surface area (TPSA) is 45.8 Å². The van der Waals surface area contributed by atoms with Gasteiger partial charge in [-0.3, -0.25) is 9.89 Å². The smallest absolute Gasteiger partial charge is 0.150 e. The van der Waals surface area contributed by atoms with Gasteiger partial charge in [0, 0.05) is 10.9 Å². The molecule has 0 aliphatic rings. The van der Waals surface area contributed by atoms with Crippen molar-refractivity contribution in [3.05, 3.63) is 54.2 Å². The lowest BCUT2D eigenvalue weighted by molar-refractivity contribution is 0.112. The third-order valence-electron chi connectivity index (χ3n) is 2.84. The summed E-state index contributed by atoms with van der Waals surface area (Å²) in [7, 11) is 0. The molecule has 0 amide bonds. The van der Waals surface area contributed by atoms with Crippen molar-refractivity contribution in [1.82, 2.24) is 10.2 Å². The molecule has 1 aromatic heterocycles. The van der Waals surface area contributed by atoms with Gasteiger partial charge in [-0.05, 0) is 23.3 Å². The van der Waals surface area contributed by atoms with Gasteiger partial charge in [-0.1, -0.05) is 30.3 Å². The molecule has 2 aromatic carbocycles. The summed E-state index contributed by atoms with van der Waals surface area (Å²) < 4.78 is 0. The Kier molecular flexibility index (Phi) is 2.22. The second-order valence-corrected chi connectivity index (χ2v) is 3.88. The predicted octanol–water partition coefficient (Wildman–Crippen LogP) is 3.04. The molecular weight excluding hydrogens is 212 g/mol. The van der Waals surface area contributed by atoms with E-state index < -0.39 is 0 Å². The predicted molar refractivity (Wildman–Crippen MR) is 66.9 cm³/mol. The minimum atomic E-state index is 0.704. The number of hydrogen-bond donors (Lipinski definition) is 1. The number of carbonyl (C=O) groups is 1. The second-order valence-electron chi connectivity index (χ2n) is 3.88. The quantitative estimate of drug-likeness (QED) is 0.677. The molecule has 0 bridgehead atoms. The molecule has 3 aromatic rings. The summed E-state index contributed by atoms with van der Waals surface area (Å²) in [4.78, 5) is 11.0. The Hall–Kier alpha value is -2.42. The van der Waals surface area contributed by atoms with Crippen molar-refractivity contribution in [3.8, 4) is 11.1 Å². The Morgan fingerprint density at radius 1 is 1.12 bits per heavy atom. The maximum Gasteiger partial charge on any atom is 0.150 e. The SMILES string of the molecule is O=Cc1ccccc1-c1ccc2[nH]ncc2c1. The molecule has 0 fully saturated rings. The third-order valence-corrected chi connectivity index (χ3v) is 2.84. The molecule has 0 saturated carbocycles. The molecular formula is C14H10N2O. The number of fused-ring (bicyclic) bond motifs is 1. The molecule has 0 spiro atoms. The summed E-state index contributed by atoms with van der Waals surface area (Å²) in [6.07, 6.45) is 2.66. The highest BCUT2D eigenvalue weighted by Gasteiger charge is 2.04. The van der Waals surface area contributed by atoms with Crippen LogP contribution in [-0.4, -0.2) is 16.5 Å². The number of aromatic nitrogens is 2. The van der Waals surface area contributed by atoms with Crippen molar-refractivity contribution in [2.45, 2.75) is 0 Å². The van der Waals surface area contributed by atoms with Crippen LogP contribution in [0.25, 0.3) is 22.0 Å². The van der Waals surface area contributed by atoms with Gasteiger partial charge < -0.3 is 0 Å². The highest BCUT2D eigenvalue weighted by Crippen LogP contribution is 2.25. The van der Waals surface area contributed by atoms with E-state index in [0.717, 1.165) is 28.3 Å². The highest BCUT2D eigenvalue weighted by molar-refractivity contribution is 5.91. The maximum atomic E-state index is 11.0. The van der Waals surface area contributed by atoms with Gasteiger partial charge in [0.1, 0.15) is 0 Å². The first-order valence-corrected chi connectivity index (χ1v) is 5.36. The molecule has 0 saturated heterocycles. The fraction of sp³-hybridized carbons (Fsp3) is 0. The molecule has 0 aliphatic carbocycles. The minimum Gasteiger partial charge on any atom is -0.298 e. The zero-order valence-corrected chi connectivity index (χ0v) is 9.05. The molecule has 0 aliphatic heterocycles. The number of nitrogens with zero attached hydrogens (tertiary/aromatic N) is 1. The average Bonchev–Trinajstić information content (AvgIpc) is 2.85. The first-order chi connectivity index (χ1) is 8.38. The van der Waals surface area contributed by atoms with Crippen molar-refractivity contribution in [2.75, 3.05) is 0 Å². The van der Waals surface area contributed by atoms with Crippen LogP contribution < -0.4 is 0 Å². The van der Waals surface area contributed by atoms with E-state index in [1.54, 1.807) is 6.20 Å². The summed E-state index contributed by atoms with van der Waals surface area (Å²) >= 11 is 0. The van der Waals surface area contributed by atoms with E-state index in [2.05, 4.69) is 10.2 Å². The second kappa shape index (κ2) is 3.87. The molecule has 1 N–H and O–H groups in total. The zero-order valence-electron chi connectivity index (χ0n) is 9.05. The number of carbonyl (C=O) groups excluding carboxylic acids is 1. The van der Waals surface area contributed by atoms with E-state index >= 15 is 0 Å². The Labute approximate surface area is 98.1 Å². The van der Waals surface area contributed by atoms with E-state index in [0.29, 0.717) is 5.56 Å². The molecule has 0 atom stereocenters. The fourth-order valence-corrected chi connectivity index (χ4v) is 1.97. The summed E-state index contributed by atoms with van der Waals surface area (Å²) in [5.74, 6) is 0. The van der Waals surface area contributed by atoms with Gasteiger partial charge in [-0.2, -0.15) is 5.10 Å². The summed E-state index contributed by atoms with van der Waals surface area (Å²) in [5.41, 5.74) is 3.68. The maximum absolute atomic E-state index is 11.0. The van der Waals surface area contributed by atoms with Crippen LogP contribution in [0.15, 0.2) is 48.7 Å². The van der Waals surface area contributed by atoms with Gasteiger partial charge in [-0.25, -0.2) is 0 Å². The Morgan fingerprint density at radius 2 is 2.00 bits per heavy atom. The number of aldehydes is 1. The number of rotatable bonds is 2. The lowest BCUT2D eigenvalue weighted by atomic mass is 9.99. The molecule has 0 unspecified atom stereocenters. The summed E-state index contributed by atoms with van der Waals surface area (Å²) in [5, 5.41) is 7.94. The molecule has 0 radical (unpaired) electrons. The number of hydrogen-bond acceptors (Lipinski definition) is 2. The number of aromatic amines is 1. The Morgan fingerprint density at radius 3 is 2.88 bits per heavy atom. The highest BCUT2D eigenvalue weighted by atomic mass is 16.1. The minimum absolute atomic E-state index is 0.704. The Bertz CT molecular complexity index is 685. The van der Waals surface area contributed by atoms with Crippen LogP contribution in [0.3, 0.4) is 0 Å². The van der Waals surface area contributed by atoms with Crippen LogP contribution >= 0.6 is 0 Å². The molecule has 82 valence electrons. The van der Waals surface area contributed by atoms with Crippen molar-refractivity contribution < 1.29 is 4.79 Å². The van der Waals surface area contributed by atoms with E-state index in [1.807, 2.05) is 42.5 Å². The van der Waals surface area contributed by atoms with Crippen molar-refractivity contribution in [2.24, 2.45) is 0 Å². The first-order valence-electron chi connectivity index (χ1n) is 5.36. The van der Waals surface area contributed by atoms with Crippen LogP contribution in [0.2, 0.25) is 0 Å². The van der Waals surface area contributed by atoms with Crippen LogP contribution in [0.4, 0.5) is 0 Å². The van der Waals surface area contributed by atoms with E-state index in [4.69, 9.17) is 0 Å². The Balaban J connectivity index is 2.22. The van der Waals surface area contributed by atoms with Gasteiger partial charge in [0.2, 0.25) is 0 Å².